The van der Waals surface area contributed by atoms with Crippen LogP contribution < -0.4 is 10.1 Å². The Morgan fingerprint density at radius 1 is 0.912 bits per heavy atom. The van der Waals surface area contributed by atoms with Gasteiger partial charge in [0, 0.05) is 24.5 Å². The van der Waals surface area contributed by atoms with Gasteiger partial charge in [-0.15, -0.1) is 0 Å². The molecule has 3 aromatic carbocycles. The van der Waals surface area contributed by atoms with Crippen molar-refractivity contribution in [3.05, 3.63) is 100 Å². The molecule has 0 aliphatic carbocycles. The van der Waals surface area contributed by atoms with Crippen LogP contribution in [0.25, 0.3) is 0 Å². The molecule has 0 fully saturated rings. The third kappa shape index (κ3) is 7.48. The third-order valence-electron chi connectivity index (χ3n) is 5.14. The maximum Gasteiger partial charge on any atom is 0.261 e. The monoisotopic (exact) mass is 500 g/mol. The van der Waals surface area contributed by atoms with Gasteiger partial charge in [0.05, 0.1) is 11.6 Å². The van der Waals surface area contributed by atoms with Gasteiger partial charge in [-0.1, -0.05) is 77.8 Å². The first-order chi connectivity index (χ1) is 16.5. The van der Waals surface area contributed by atoms with Crippen molar-refractivity contribution in [2.24, 2.45) is 0 Å². The SMILES string of the molecule is O=C(NCCO)[C@@H](Cc1ccccc1)N(Cc1ccc(Cl)cc1)C(=O)COc1ccccc1Cl. The molecule has 34 heavy (non-hydrogen) atoms. The average Bonchev–Trinajstić information content (AvgIpc) is 2.85. The molecule has 3 rings (SSSR count). The van der Waals surface area contributed by atoms with Gasteiger partial charge in [-0.2, -0.15) is 0 Å². The summed E-state index contributed by atoms with van der Waals surface area (Å²) in [7, 11) is 0. The summed E-state index contributed by atoms with van der Waals surface area (Å²) in [4.78, 5) is 28.0. The van der Waals surface area contributed by atoms with Crippen LogP contribution in [0.15, 0.2) is 78.9 Å². The van der Waals surface area contributed by atoms with Crippen molar-refractivity contribution in [2.75, 3.05) is 19.8 Å². The molecule has 0 aliphatic rings. The molecule has 3 aromatic rings. The predicted octanol–water partition coefficient (Wildman–Crippen LogP) is 4.12. The molecule has 0 saturated heterocycles. The smallest absolute Gasteiger partial charge is 0.261 e. The van der Waals surface area contributed by atoms with Crippen molar-refractivity contribution in [3.63, 3.8) is 0 Å². The van der Waals surface area contributed by atoms with Gasteiger partial charge in [0.25, 0.3) is 5.91 Å². The Kier molecular flexibility index (Phi) is 9.76. The first kappa shape index (κ1) is 25.6. The number of rotatable bonds is 11. The van der Waals surface area contributed by atoms with Crippen LogP contribution >= 0.6 is 23.2 Å². The number of hydrogen-bond donors (Lipinski definition) is 2. The summed E-state index contributed by atoms with van der Waals surface area (Å²) >= 11 is 12.2. The highest BCUT2D eigenvalue weighted by Crippen LogP contribution is 2.23. The molecule has 0 heterocycles. The van der Waals surface area contributed by atoms with E-state index in [1.54, 1.807) is 36.4 Å². The Balaban J connectivity index is 1.89. The second-order valence-electron chi connectivity index (χ2n) is 7.59. The molecular weight excluding hydrogens is 475 g/mol. The van der Waals surface area contributed by atoms with Crippen molar-refractivity contribution < 1.29 is 19.4 Å². The first-order valence-corrected chi connectivity index (χ1v) is 11.6. The molecule has 0 saturated carbocycles. The van der Waals surface area contributed by atoms with Crippen LogP contribution in [0.4, 0.5) is 0 Å². The zero-order valence-corrected chi connectivity index (χ0v) is 20.0. The topological polar surface area (TPSA) is 78.9 Å². The van der Waals surface area contributed by atoms with Crippen LogP contribution in [0.5, 0.6) is 5.75 Å². The molecule has 2 amide bonds. The number of hydrogen-bond acceptors (Lipinski definition) is 4. The van der Waals surface area contributed by atoms with Gasteiger partial charge < -0.3 is 20.1 Å². The summed E-state index contributed by atoms with van der Waals surface area (Å²) in [5.41, 5.74) is 1.70. The zero-order chi connectivity index (χ0) is 24.3. The summed E-state index contributed by atoms with van der Waals surface area (Å²) < 4.78 is 5.68. The average molecular weight is 501 g/mol. The fourth-order valence-electron chi connectivity index (χ4n) is 3.42. The maximum atomic E-state index is 13.4. The fraction of sp³-hybridized carbons (Fsp3) is 0.231. The van der Waals surface area contributed by atoms with Crippen LogP contribution in [0.2, 0.25) is 10.0 Å². The number of ether oxygens (including phenoxy) is 1. The molecule has 0 aromatic heterocycles. The molecule has 178 valence electrons. The number of carbonyl (C=O) groups excluding carboxylic acids is 2. The molecule has 0 bridgehead atoms. The number of aliphatic hydroxyl groups is 1. The quantitative estimate of drug-likeness (QED) is 0.415. The van der Waals surface area contributed by atoms with E-state index in [9.17, 15) is 14.7 Å². The van der Waals surface area contributed by atoms with Crippen molar-refractivity contribution in [3.8, 4) is 5.75 Å². The number of nitrogens with zero attached hydrogens (tertiary/aromatic N) is 1. The molecule has 0 radical (unpaired) electrons. The number of halogens is 2. The van der Waals surface area contributed by atoms with Crippen LogP contribution in [0, 0.1) is 0 Å². The predicted molar refractivity (Wildman–Crippen MR) is 133 cm³/mol. The van der Waals surface area contributed by atoms with Gasteiger partial charge in [0.1, 0.15) is 11.8 Å². The Morgan fingerprint density at radius 2 is 1.59 bits per heavy atom. The summed E-state index contributed by atoms with van der Waals surface area (Å²) in [6, 6.07) is 22.6. The Morgan fingerprint density at radius 3 is 2.26 bits per heavy atom. The third-order valence-corrected chi connectivity index (χ3v) is 5.70. The van der Waals surface area contributed by atoms with E-state index in [2.05, 4.69) is 5.32 Å². The molecule has 8 heteroatoms. The molecule has 0 spiro atoms. The van der Waals surface area contributed by atoms with Gasteiger partial charge >= 0.3 is 0 Å². The van der Waals surface area contributed by atoms with Crippen molar-refractivity contribution >= 4 is 35.0 Å². The van der Waals surface area contributed by atoms with Crippen LogP contribution in [-0.2, 0) is 22.6 Å². The molecule has 0 aliphatic heterocycles. The lowest BCUT2D eigenvalue weighted by molar-refractivity contribution is -0.142. The Labute approximate surface area is 209 Å². The van der Waals surface area contributed by atoms with Crippen LogP contribution in [0.1, 0.15) is 11.1 Å². The summed E-state index contributed by atoms with van der Waals surface area (Å²) in [6.07, 6.45) is 0.295. The number of carbonyl (C=O) groups is 2. The minimum Gasteiger partial charge on any atom is -0.482 e. The van der Waals surface area contributed by atoms with E-state index in [4.69, 9.17) is 27.9 Å². The summed E-state index contributed by atoms with van der Waals surface area (Å²) in [6.45, 7) is -0.240. The molecular formula is C26H26Cl2N2O4. The summed E-state index contributed by atoms with van der Waals surface area (Å²) in [5, 5.41) is 12.9. The molecule has 6 nitrogen and oxygen atoms in total. The van der Waals surface area contributed by atoms with Gasteiger partial charge in [0.15, 0.2) is 6.61 Å². The van der Waals surface area contributed by atoms with Crippen molar-refractivity contribution in [2.45, 2.75) is 19.0 Å². The lowest BCUT2D eigenvalue weighted by atomic mass is 10.0. The molecule has 2 N–H and O–H groups in total. The lowest BCUT2D eigenvalue weighted by Crippen LogP contribution is -2.52. The van der Waals surface area contributed by atoms with Crippen LogP contribution in [-0.4, -0.2) is 47.6 Å². The molecule has 1 atom stereocenters. The fourth-order valence-corrected chi connectivity index (χ4v) is 3.74. The van der Waals surface area contributed by atoms with E-state index < -0.39 is 6.04 Å². The van der Waals surface area contributed by atoms with Gasteiger partial charge in [-0.3, -0.25) is 9.59 Å². The van der Waals surface area contributed by atoms with Crippen LogP contribution in [0.3, 0.4) is 0 Å². The largest absolute Gasteiger partial charge is 0.482 e. The maximum absolute atomic E-state index is 13.4. The molecule has 0 unspecified atom stereocenters. The van der Waals surface area contributed by atoms with E-state index in [0.717, 1.165) is 11.1 Å². The van der Waals surface area contributed by atoms with E-state index >= 15 is 0 Å². The number of aliphatic hydroxyl groups excluding tert-OH is 1. The van der Waals surface area contributed by atoms with Crippen molar-refractivity contribution in [1.82, 2.24) is 10.2 Å². The number of para-hydroxylation sites is 1. The van der Waals surface area contributed by atoms with Gasteiger partial charge in [0.2, 0.25) is 5.91 Å². The Hall–Kier alpha value is -3.06. The van der Waals surface area contributed by atoms with E-state index in [0.29, 0.717) is 22.2 Å². The first-order valence-electron chi connectivity index (χ1n) is 10.8. The minimum absolute atomic E-state index is 0.0865. The second-order valence-corrected chi connectivity index (χ2v) is 8.43. The van der Waals surface area contributed by atoms with Crippen molar-refractivity contribution in [1.29, 1.82) is 0 Å². The van der Waals surface area contributed by atoms with E-state index in [1.807, 2.05) is 42.5 Å². The normalized spacial score (nSPS) is 11.5. The second kappa shape index (κ2) is 13.0. The lowest BCUT2D eigenvalue weighted by Gasteiger charge is -2.31. The van der Waals surface area contributed by atoms with E-state index in [1.165, 1.54) is 4.90 Å². The zero-order valence-electron chi connectivity index (χ0n) is 18.5. The number of amides is 2. The van der Waals surface area contributed by atoms with Gasteiger partial charge in [-0.25, -0.2) is 0 Å². The van der Waals surface area contributed by atoms with E-state index in [-0.39, 0.29) is 38.1 Å². The number of benzene rings is 3. The minimum atomic E-state index is -0.827. The van der Waals surface area contributed by atoms with Gasteiger partial charge in [-0.05, 0) is 35.4 Å². The summed E-state index contributed by atoms with van der Waals surface area (Å²) in [5.74, 6) is -0.360. The highest BCUT2D eigenvalue weighted by atomic mass is 35.5. The standard InChI is InChI=1S/C26H26Cl2N2O4/c27-21-12-10-20(11-13-21)17-30(25(32)18-34-24-9-5-4-8-22(24)28)23(26(33)29-14-15-31)16-19-6-2-1-3-7-19/h1-13,23,31H,14-18H2,(H,29,33)/t23-/m1/s1. The number of nitrogens with one attached hydrogen (secondary N) is 1. The highest BCUT2D eigenvalue weighted by Gasteiger charge is 2.30. The highest BCUT2D eigenvalue weighted by molar-refractivity contribution is 6.32. The Bertz CT molecular complexity index is 1080.